The highest BCUT2D eigenvalue weighted by Crippen LogP contribution is 2.32. The lowest BCUT2D eigenvalue weighted by atomic mass is 9.78. The molecule has 1 unspecified atom stereocenters. The molecule has 2 amide bonds. The van der Waals surface area contributed by atoms with Crippen LogP contribution in [-0.4, -0.2) is 40.3 Å². The summed E-state index contributed by atoms with van der Waals surface area (Å²) in [6.45, 7) is 4.10. The lowest BCUT2D eigenvalue weighted by molar-refractivity contribution is -0.147. The number of amidine groups is 1. The van der Waals surface area contributed by atoms with Crippen molar-refractivity contribution in [2.24, 2.45) is 22.0 Å². The predicted octanol–water partition coefficient (Wildman–Crippen LogP) is 0.406. The minimum atomic E-state index is -1.07. The molecular formula is C13H24N4O3. The van der Waals surface area contributed by atoms with E-state index in [1.54, 1.807) is 0 Å². The van der Waals surface area contributed by atoms with Crippen LogP contribution in [0, 0.1) is 5.41 Å². The number of oxime groups is 1. The van der Waals surface area contributed by atoms with Gasteiger partial charge in [0.1, 0.15) is 11.5 Å². The van der Waals surface area contributed by atoms with Crippen LogP contribution in [-0.2, 0) is 9.59 Å². The largest absolute Gasteiger partial charge is 0.409 e. The molecule has 0 spiro atoms. The molecule has 0 bridgehead atoms. The topological polar surface area (TPSA) is 122 Å². The molecule has 0 radical (unpaired) electrons. The Labute approximate surface area is 119 Å². The summed E-state index contributed by atoms with van der Waals surface area (Å²) in [5.74, 6) is -0.888. The number of likely N-dealkylation sites (tertiary alicyclic amines) is 1. The third-order valence-electron chi connectivity index (χ3n) is 4.31. The van der Waals surface area contributed by atoms with Gasteiger partial charge in [0.05, 0.1) is 0 Å². The first-order valence-electron chi connectivity index (χ1n) is 7.03. The van der Waals surface area contributed by atoms with Gasteiger partial charge in [-0.25, -0.2) is 0 Å². The van der Waals surface area contributed by atoms with Crippen molar-refractivity contribution in [3.63, 3.8) is 0 Å². The van der Waals surface area contributed by atoms with Crippen LogP contribution in [0.4, 0.5) is 0 Å². The fourth-order valence-corrected chi connectivity index (χ4v) is 2.87. The number of nitrogens with two attached hydrogens (primary N) is 2. The molecule has 1 aliphatic rings. The Hall–Kier alpha value is -1.79. The van der Waals surface area contributed by atoms with Crippen LogP contribution < -0.4 is 11.5 Å². The molecule has 1 heterocycles. The lowest BCUT2D eigenvalue weighted by Crippen LogP contribution is -2.58. The Morgan fingerprint density at radius 3 is 2.35 bits per heavy atom. The molecule has 5 N–H and O–H groups in total. The number of hydrogen-bond acceptors (Lipinski definition) is 4. The fourth-order valence-electron chi connectivity index (χ4n) is 2.87. The van der Waals surface area contributed by atoms with Gasteiger partial charge in [-0.15, -0.1) is 0 Å². The van der Waals surface area contributed by atoms with Gasteiger partial charge >= 0.3 is 0 Å². The molecule has 7 heteroatoms. The van der Waals surface area contributed by atoms with Crippen molar-refractivity contribution in [3.05, 3.63) is 0 Å². The Bertz CT molecular complexity index is 404. The minimum absolute atomic E-state index is 0.110. The number of hydrogen-bond donors (Lipinski definition) is 3. The zero-order chi connectivity index (χ0) is 15.3. The third kappa shape index (κ3) is 2.71. The highest BCUT2D eigenvalue weighted by Gasteiger charge is 2.45. The summed E-state index contributed by atoms with van der Waals surface area (Å²) in [7, 11) is 0. The van der Waals surface area contributed by atoms with E-state index < -0.39 is 17.4 Å². The highest BCUT2D eigenvalue weighted by atomic mass is 16.4. The molecule has 1 atom stereocenters. The maximum atomic E-state index is 12.8. The number of piperidine rings is 1. The van der Waals surface area contributed by atoms with Gasteiger partial charge in [0.15, 0.2) is 5.84 Å². The third-order valence-corrected chi connectivity index (χ3v) is 4.31. The second-order valence-electron chi connectivity index (χ2n) is 5.19. The van der Waals surface area contributed by atoms with E-state index in [9.17, 15) is 9.59 Å². The van der Waals surface area contributed by atoms with Gasteiger partial charge in [-0.1, -0.05) is 19.0 Å². The molecular weight excluding hydrogens is 260 g/mol. The lowest BCUT2D eigenvalue weighted by Gasteiger charge is -2.40. The molecule has 20 heavy (non-hydrogen) atoms. The minimum Gasteiger partial charge on any atom is -0.409 e. The highest BCUT2D eigenvalue weighted by molar-refractivity contribution is 6.07. The molecule has 1 aliphatic heterocycles. The Morgan fingerprint density at radius 1 is 1.30 bits per heavy atom. The standard InChI is InChI=1S/C13H24N4O3/c1-3-13(4-2,11(15)16-20)12(19)17-8-6-5-7-9(17)10(14)18/h9,20H,3-8H2,1-2H3,(H2,14,18)(H2,15,16). The predicted molar refractivity (Wildman–Crippen MR) is 75.0 cm³/mol. The van der Waals surface area contributed by atoms with Crippen molar-refractivity contribution in [1.82, 2.24) is 4.90 Å². The van der Waals surface area contributed by atoms with Gasteiger partial charge in [0.2, 0.25) is 11.8 Å². The van der Waals surface area contributed by atoms with Crippen molar-refractivity contribution >= 4 is 17.6 Å². The van der Waals surface area contributed by atoms with E-state index >= 15 is 0 Å². The summed E-state index contributed by atoms with van der Waals surface area (Å²) in [4.78, 5) is 25.9. The van der Waals surface area contributed by atoms with Gasteiger partial charge < -0.3 is 21.6 Å². The van der Waals surface area contributed by atoms with E-state index in [0.717, 1.165) is 12.8 Å². The van der Waals surface area contributed by atoms with Crippen LogP contribution in [0.2, 0.25) is 0 Å². The van der Waals surface area contributed by atoms with E-state index in [1.165, 1.54) is 4.90 Å². The molecule has 0 aromatic heterocycles. The van der Waals surface area contributed by atoms with E-state index in [1.807, 2.05) is 13.8 Å². The van der Waals surface area contributed by atoms with Gasteiger partial charge in [0.25, 0.3) is 0 Å². The molecule has 0 aromatic rings. The van der Waals surface area contributed by atoms with Crippen LogP contribution in [0.15, 0.2) is 5.16 Å². The van der Waals surface area contributed by atoms with Gasteiger partial charge in [-0.3, -0.25) is 9.59 Å². The first-order chi connectivity index (χ1) is 9.44. The van der Waals surface area contributed by atoms with Gasteiger partial charge in [0, 0.05) is 6.54 Å². The Kier molecular flexibility index (Phi) is 5.35. The van der Waals surface area contributed by atoms with Gasteiger partial charge in [-0.2, -0.15) is 0 Å². The average Bonchev–Trinajstić information content (AvgIpc) is 2.48. The monoisotopic (exact) mass is 284 g/mol. The molecule has 114 valence electrons. The summed E-state index contributed by atoms with van der Waals surface area (Å²) in [5, 5.41) is 12.0. The van der Waals surface area contributed by atoms with Crippen molar-refractivity contribution in [2.45, 2.75) is 52.0 Å². The smallest absolute Gasteiger partial charge is 0.240 e. The zero-order valence-corrected chi connectivity index (χ0v) is 12.1. The molecule has 0 saturated carbocycles. The van der Waals surface area contributed by atoms with E-state index in [4.69, 9.17) is 16.7 Å². The first-order valence-corrected chi connectivity index (χ1v) is 7.03. The maximum absolute atomic E-state index is 12.8. The van der Waals surface area contributed by atoms with E-state index in [2.05, 4.69) is 5.16 Å². The first kappa shape index (κ1) is 16.3. The summed E-state index contributed by atoms with van der Waals surface area (Å²) in [6.07, 6.45) is 3.07. The molecule has 1 fully saturated rings. The number of carbonyl (C=O) groups excluding carboxylic acids is 2. The summed E-state index contributed by atoms with van der Waals surface area (Å²) in [6, 6.07) is -0.597. The number of carbonyl (C=O) groups is 2. The Balaban J connectivity index is 3.13. The van der Waals surface area contributed by atoms with E-state index in [0.29, 0.717) is 25.8 Å². The van der Waals surface area contributed by atoms with Crippen LogP contribution in [0.1, 0.15) is 46.0 Å². The number of primary amides is 1. The van der Waals surface area contributed by atoms with Crippen molar-refractivity contribution < 1.29 is 14.8 Å². The maximum Gasteiger partial charge on any atom is 0.240 e. The van der Waals surface area contributed by atoms with Crippen LogP contribution in [0.3, 0.4) is 0 Å². The van der Waals surface area contributed by atoms with Crippen molar-refractivity contribution in [1.29, 1.82) is 0 Å². The molecule has 7 nitrogen and oxygen atoms in total. The summed E-state index contributed by atoms with van der Waals surface area (Å²) >= 11 is 0. The summed E-state index contributed by atoms with van der Waals surface area (Å²) < 4.78 is 0. The van der Waals surface area contributed by atoms with Gasteiger partial charge in [-0.05, 0) is 32.1 Å². The fraction of sp³-hybridized carbons (Fsp3) is 0.769. The van der Waals surface area contributed by atoms with Crippen LogP contribution in [0.25, 0.3) is 0 Å². The Morgan fingerprint density at radius 2 is 1.90 bits per heavy atom. The van der Waals surface area contributed by atoms with Crippen molar-refractivity contribution in [2.75, 3.05) is 6.54 Å². The van der Waals surface area contributed by atoms with Crippen LogP contribution in [0.5, 0.6) is 0 Å². The second kappa shape index (κ2) is 6.58. The van der Waals surface area contributed by atoms with Crippen molar-refractivity contribution in [3.8, 4) is 0 Å². The quantitative estimate of drug-likeness (QED) is 0.293. The molecule has 0 aromatic carbocycles. The van der Waals surface area contributed by atoms with E-state index in [-0.39, 0.29) is 11.7 Å². The summed E-state index contributed by atoms with van der Waals surface area (Å²) in [5.41, 5.74) is 10.1. The molecule has 0 aliphatic carbocycles. The number of rotatable bonds is 5. The SMILES string of the molecule is CCC(CC)(C(=O)N1CCCCC1C(N)=O)C(N)=NO. The average molecular weight is 284 g/mol. The number of amides is 2. The molecule has 1 saturated heterocycles. The van der Waals surface area contributed by atoms with Crippen LogP contribution >= 0.6 is 0 Å². The zero-order valence-electron chi connectivity index (χ0n) is 12.1. The second-order valence-corrected chi connectivity index (χ2v) is 5.19. The molecule has 1 rings (SSSR count). The number of nitrogens with zero attached hydrogens (tertiary/aromatic N) is 2. The normalized spacial score (nSPS) is 20.8.